The molecule has 1 amide bonds. The van der Waals surface area contributed by atoms with E-state index in [0.717, 1.165) is 5.56 Å². The summed E-state index contributed by atoms with van der Waals surface area (Å²) in [6.07, 6.45) is 1.68. The van der Waals surface area contributed by atoms with Crippen molar-refractivity contribution in [1.29, 1.82) is 0 Å². The van der Waals surface area contributed by atoms with Crippen molar-refractivity contribution in [3.8, 4) is 5.75 Å². The van der Waals surface area contributed by atoms with Crippen LogP contribution in [0.25, 0.3) is 6.08 Å². The van der Waals surface area contributed by atoms with Crippen LogP contribution in [0.5, 0.6) is 5.75 Å². The fourth-order valence-electron chi connectivity index (χ4n) is 3.07. The number of carbonyl (C=O) groups excluding carboxylic acids is 1. The molecular weight excluding hydrogens is 391 g/mol. The maximum absolute atomic E-state index is 13.4. The van der Waals surface area contributed by atoms with Crippen LogP contribution in [0.3, 0.4) is 0 Å². The summed E-state index contributed by atoms with van der Waals surface area (Å²) >= 11 is 5.99. The zero-order chi connectivity index (χ0) is 20.4. The Morgan fingerprint density at radius 3 is 2.38 bits per heavy atom. The fraction of sp³-hybridized carbons (Fsp3) is 0.0435. The highest BCUT2D eigenvalue weighted by Crippen LogP contribution is 2.30. The number of ether oxygens (including phenoxy) is 1. The minimum Gasteiger partial charge on any atom is -0.496 e. The van der Waals surface area contributed by atoms with Crippen LogP contribution in [0, 0.1) is 5.82 Å². The Kier molecular flexibility index (Phi) is 5.14. The summed E-state index contributed by atoms with van der Waals surface area (Å²) < 4.78 is 18.8. The van der Waals surface area contributed by atoms with Gasteiger partial charge in [-0.15, -0.1) is 0 Å². The van der Waals surface area contributed by atoms with Crippen LogP contribution >= 0.6 is 11.6 Å². The molecule has 6 heteroatoms. The van der Waals surface area contributed by atoms with Crippen LogP contribution in [0.15, 0.2) is 83.5 Å². The predicted molar refractivity (Wildman–Crippen MR) is 113 cm³/mol. The number of rotatable bonds is 4. The Morgan fingerprint density at radius 2 is 1.69 bits per heavy atom. The van der Waals surface area contributed by atoms with Gasteiger partial charge < -0.3 is 4.74 Å². The van der Waals surface area contributed by atoms with Crippen molar-refractivity contribution in [3.05, 3.63) is 100 Å². The second-order valence-corrected chi connectivity index (χ2v) is 6.77. The van der Waals surface area contributed by atoms with Crippen molar-refractivity contribution in [2.75, 3.05) is 12.0 Å². The normalized spacial score (nSPS) is 15.0. The minimum atomic E-state index is -0.360. The molecule has 0 bridgehead atoms. The van der Waals surface area contributed by atoms with E-state index in [4.69, 9.17) is 16.3 Å². The molecule has 4 nitrogen and oxygen atoms in total. The van der Waals surface area contributed by atoms with Gasteiger partial charge in [0.15, 0.2) is 0 Å². The molecule has 3 aromatic carbocycles. The Morgan fingerprint density at radius 1 is 1.00 bits per heavy atom. The van der Waals surface area contributed by atoms with E-state index in [9.17, 15) is 9.18 Å². The number of methoxy groups -OCH3 is 1. The van der Waals surface area contributed by atoms with Crippen LogP contribution in [0.1, 0.15) is 11.1 Å². The third-order valence-corrected chi connectivity index (χ3v) is 4.73. The van der Waals surface area contributed by atoms with Gasteiger partial charge in [-0.1, -0.05) is 29.8 Å². The van der Waals surface area contributed by atoms with Crippen molar-refractivity contribution in [2.24, 2.45) is 4.99 Å². The average Bonchev–Trinajstić information content (AvgIpc) is 3.06. The molecule has 0 unspecified atom stereocenters. The highest BCUT2D eigenvalue weighted by atomic mass is 35.5. The number of amides is 1. The van der Waals surface area contributed by atoms with Crippen molar-refractivity contribution in [1.82, 2.24) is 0 Å². The van der Waals surface area contributed by atoms with Gasteiger partial charge in [0.05, 0.1) is 12.8 Å². The lowest BCUT2D eigenvalue weighted by molar-refractivity contribution is -0.113. The number of halogens is 2. The summed E-state index contributed by atoms with van der Waals surface area (Å²) in [5.74, 6) is 0.397. The number of hydrogen-bond donors (Lipinski definition) is 0. The van der Waals surface area contributed by atoms with E-state index in [1.807, 2.05) is 24.3 Å². The number of benzene rings is 3. The number of para-hydroxylation sites is 1. The van der Waals surface area contributed by atoms with Crippen molar-refractivity contribution >= 4 is 35.1 Å². The van der Waals surface area contributed by atoms with Crippen LogP contribution in [-0.2, 0) is 4.79 Å². The predicted octanol–water partition coefficient (Wildman–Crippen LogP) is 5.32. The first kappa shape index (κ1) is 18.9. The fourth-order valence-corrected chi connectivity index (χ4v) is 3.20. The quantitative estimate of drug-likeness (QED) is 0.550. The van der Waals surface area contributed by atoms with Gasteiger partial charge in [-0.25, -0.2) is 9.38 Å². The minimum absolute atomic E-state index is 0.253. The molecule has 0 radical (unpaired) electrons. The Balaban J connectivity index is 1.83. The highest BCUT2D eigenvalue weighted by molar-refractivity contribution is 6.34. The first-order chi connectivity index (χ1) is 14.1. The molecule has 0 aromatic heterocycles. The molecule has 4 rings (SSSR count). The number of amidine groups is 1. The van der Waals surface area contributed by atoms with Gasteiger partial charge in [-0.2, -0.15) is 0 Å². The second kappa shape index (κ2) is 7.89. The van der Waals surface area contributed by atoms with Gasteiger partial charge in [0.2, 0.25) is 0 Å². The third-order valence-electron chi connectivity index (χ3n) is 4.48. The standard InChI is InChI=1S/C23H16ClFN2O2/c1-29-21-5-3-2-4-16(21)14-20-23(28)27(19-12-8-17(24)9-13-19)22(26-20)15-6-10-18(25)11-7-15/h2-14H,1H3/b20-14+. The van der Waals surface area contributed by atoms with Gasteiger partial charge >= 0.3 is 0 Å². The second-order valence-electron chi connectivity index (χ2n) is 6.33. The van der Waals surface area contributed by atoms with E-state index in [0.29, 0.717) is 27.9 Å². The highest BCUT2D eigenvalue weighted by Gasteiger charge is 2.32. The lowest BCUT2D eigenvalue weighted by Gasteiger charge is -2.18. The molecule has 1 aliphatic rings. The molecule has 1 aliphatic heterocycles. The zero-order valence-electron chi connectivity index (χ0n) is 15.5. The zero-order valence-corrected chi connectivity index (χ0v) is 16.2. The lowest BCUT2D eigenvalue weighted by Crippen LogP contribution is -2.32. The van der Waals surface area contributed by atoms with Crippen molar-refractivity contribution < 1.29 is 13.9 Å². The third kappa shape index (κ3) is 3.77. The van der Waals surface area contributed by atoms with E-state index in [1.54, 1.807) is 49.6 Å². The van der Waals surface area contributed by atoms with Gasteiger partial charge in [-0.3, -0.25) is 9.69 Å². The monoisotopic (exact) mass is 406 g/mol. The van der Waals surface area contributed by atoms with Crippen LogP contribution in [-0.4, -0.2) is 18.9 Å². The maximum atomic E-state index is 13.4. The molecule has 0 fully saturated rings. The van der Waals surface area contributed by atoms with E-state index in [-0.39, 0.29) is 17.4 Å². The molecule has 0 saturated carbocycles. The number of carbonyl (C=O) groups is 1. The molecule has 0 spiro atoms. The van der Waals surface area contributed by atoms with E-state index >= 15 is 0 Å². The van der Waals surface area contributed by atoms with Gasteiger partial charge in [0.1, 0.15) is 23.1 Å². The Hall–Kier alpha value is -3.44. The number of nitrogens with zero attached hydrogens (tertiary/aromatic N) is 2. The molecule has 0 aliphatic carbocycles. The average molecular weight is 407 g/mol. The SMILES string of the molecule is COc1ccccc1/C=C1/N=C(c2ccc(F)cc2)N(c2ccc(Cl)cc2)C1=O. The summed E-state index contributed by atoms with van der Waals surface area (Å²) in [6, 6.07) is 20.1. The molecule has 144 valence electrons. The molecular formula is C23H16ClFN2O2. The Labute approximate surface area is 172 Å². The Bertz CT molecular complexity index is 1120. The largest absolute Gasteiger partial charge is 0.496 e. The first-order valence-corrected chi connectivity index (χ1v) is 9.24. The summed E-state index contributed by atoms with van der Waals surface area (Å²) in [5, 5.41) is 0.561. The molecule has 0 atom stereocenters. The molecule has 1 heterocycles. The topological polar surface area (TPSA) is 41.9 Å². The van der Waals surface area contributed by atoms with Gasteiger partial charge in [0.25, 0.3) is 5.91 Å². The van der Waals surface area contributed by atoms with Gasteiger partial charge in [-0.05, 0) is 60.7 Å². The van der Waals surface area contributed by atoms with Crippen LogP contribution in [0.2, 0.25) is 5.02 Å². The first-order valence-electron chi connectivity index (χ1n) is 8.86. The summed E-state index contributed by atoms with van der Waals surface area (Å²) in [7, 11) is 1.57. The summed E-state index contributed by atoms with van der Waals surface area (Å²) in [5.41, 5.74) is 2.23. The lowest BCUT2D eigenvalue weighted by atomic mass is 10.1. The molecule has 0 N–H and O–H groups in total. The molecule has 0 saturated heterocycles. The molecule has 3 aromatic rings. The number of aliphatic imine (C=N–C) groups is 1. The van der Waals surface area contributed by atoms with Gasteiger partial charge in [0, 0.05) is 16.1 Å². The number of anilines is 1. The maximum Gasteiger partial charge on any atom is 0.282 e. The van der Waals surface area contributed by atoms with Crippen molar-refractivity contribution in [2.45, 2.75) is 0 Å². The van der Waals surface area contributed by atoms with Crippen molar-refractivity contribution in [3.63, 3.8) is 0 Å². The van der Waals surface area contributed by atoms with Crippen LogP contribution in [0.4, 0.5) is 10.1 Å². The van der Waals surface area contributed by atoms with E-state index in [2.05, 4.69) is 4.99 Å². The number of hydrogen-bond acceptors (Lipinski definition) is 3. The summed E-state index contributed by atoms with van der Waals surface area (Å²) in [4.78, 5) is 19.3. The van der Waals surface area contributed by atoms with E-state index in [1.165, 1.54) is 17.0 Å². The van der Waals surface area contributed by atoms with Crippen LogP contribution < -0.4 is 9.64 Å². The smallest absolute Gasteiger partial charge is 0.282 e. The van der Waals surface area contributed by atoms with E-state index < -0.39 is 0 Å². The summed E-state index contributed by atoms with van der Waals surface area (Å²) in [6.45, 7) is 0. The molecule has 29 heavy (non-hydrogen) atoms.